The van der Waals surface area contributed by atoms with Crippen LogP contribution >= 0.6 is 0 Å². The minimum absolute atomic E-state index is 0.121. The summed E-state index contributed by atoms with van der Waals surface area (Å²) in [6.07, 6.45) is 6.70. The van der Waals surface area contributed by atoms with Gasteiger partial charge >= 0.3 is 0 Å². The van der Waals surface area contributed by atoms with Crippen molar-refractivity contribution in [3.05, 3.63) is 23.3 Å². The summed E-state index contributed by atoms with van der Waals surface area (Å²) < 4.78 is 5.63. The number of ether oxygens (including phenoxy) is 1. The molecule has 0 radical (unpaired) electrons. The fourth-order valence-electron chi connectivity index (χ4n) is 1.97. The molecule has 0 saturated carbocycles. The van der Waals surface area contributed by atoms with Crippen molar-refractivity contribution in [2.45, 2.75) is 31.9 Å². The molecule has 0 fully saturated rings. The summed E-state index contributed by atoms with van der Waals surface area (Å²) in [6.45, 7) is 2.84. The minimum Gasteiger partial charge on any atom is -0.372 e. The molecular formula is C10H15NO. The molecule has 2 nitrogen and oxygen atoms in total. The van der Waals surface area contributed by atoms with Crippen LogP contribution < -0.4 is 5.73 Å². The molecule has 0 bridgehead atoms. The van der Waals surface area contributed by atoms with E-state index in [1.165, 1.54) is 11.1 Å². The van der Waals surface area contributed by atoms with E-state index in [-0.39, 0.29) is 12.1 Å². The summed E-state index contributed by atoms with van der Waals surface area (Å²) in [5, 5.41) is 0. The Hall–Kier alpha value is -0.600. The highest BCUT2D eigenvalue weighted by Crippen LogP contribution is 2.31. The lowest BCUT2D eigenvalue weighted by atomic mass is 9.96. The Kier molecular flexibility index (Phi) is 2.03. The molecule has 2 rings (SSSR count). The number of nitrogens with two attached hydrogens (primary N) is 1. The molecule has 2 atom stereocenters. The maximum Gasteiger partial charge on any atom is 0.0941 e. The largest absolute Gasteiger partial charge is 0.372 e. The highest BCUT2D eigenvalue weighted by atomic mass is 16.5. The Labute approximate surface area is 73.1 Å². The van der Waals surface area contributed by atoms with E-state index in [9.17, 15) is 0 Å². The minimum atomic E-state index is 0.121. The molecule has 2 N–H and O–H groups in total. The van der Waals surface area contributed by atoms with Crippen LogP contribution in [0.5, 0.6) is 0 Å². The Morgan fingerprint density at radius 2 is 2.50 bits per heavy atom. The SMILES string of the molecule is C[C@H](N)[C@H]1OCCC2=C1CC=C2. The van der Waals surface area contributed by atoms with E-state index in [4.69, 9.17) is 10.5 Å². The lowest BCUT2D eigenvalue weighted by Gasteiger charge is -2.28. The standard InChI is InChI=1S/C10H15NO/c1-7(11)10-9-4-2-3-8(9)5-6-12-10/h2-3,7,10H,4-6,11H2,1H3/t7-,10+/m0/s1. The number of hydrogen-bond donors (Lipinski definition) is 1. The molecule has 0 aromatic carbocycles. The van der Waals surface area contributed by atoms with Crippen molar-refractivity contribution >= 4 is 0 Å². The van der Waals surface area contributed by atoms with E-state index in [0.717, 1.165) is 19.4 Å². The summed E-state index contributed by atoms with van der Waals surface area (Å²) >= 11 is 0. The van der Waals surface area contributed by atoms with Gasteiger partial charge in [0.05, 0.1) is 12.7 Å². The molecule has 0 spiro atoms. The van der Waals surface area contributed by atoms with E-state index >= 15 is 0 Å². The summed E-state index contributed by atoms with van der Waals surface area (Å²) in [5.41, 5.74) is 8.71. The van der Waals surface area contributed by atoms with Gasteiger partial charge in [-0.05, 0) is 30.9 Å². The number of allylic oxidation sites excluding steroid dienone is 2. The molecule has 66 valence electrons. The fourth-order valence-corrected chi connectivity index (χ4v) is 1.97. The monoisotopic (exact) mass is 165 g/mol. The van der Waals surface area contributed by atoms with Crippen molar-refractivity contribution in [3.63, 3.8) is 0 Å². The molecule has 0 aromatic rings. The van der Waals surface area contributed by atoms with Crippen molar-refractivity contribution in [3.8, 4) is 0 Å². The first-order valence-electron chi connectivity index (χ1n) is 4.54. The summed E-state index contributed by atoms with van der Waals surface area (Å²) in [7, 11) is 0. The van der Waals surface area contributed by atoms with Crippen LogP contribution in [0.3, 0.4) is 0 Å². The van der Waals surface area contributed by atoms with Gasteiger partial charge in [0.25, 0.3) is 0 Å². The average Bonchev–Trinajstić information content (AvgIpc) is 2.49. The van der Waals surface area contributed by atoms with E-state index in [1.54, 1.807) is 0 Å². The third kappa shape index (κ3) is 1.21. The molecule has 0 saturated heterocycles. The van der Waals surface area contributed by atoms with Gasteiger partial charge in [-0.1, -0.05) is 12.2 Å². The number of hydrogen-bond acceptors (Lipinski definition) is 2. The van der Waals surface area contributed by atoms with Crippen molar-refractivity contribution in [1.29, 1.82) is 0 Å². The molecular weight excluding hydrogens is 150 g/mol. The number of rotatable bonds is 1. The van der Waals surface area contributed by atoms with Crippen molar-refractivity contribution in [2.24, 2.45) is 5.73 Å². The second kappa shape index (κ2) is 3.04. The quantitative estimate of drug-likeness (QED) is 0.637. The molecule has 2 aliphatic rings. The van der Waals surface area contributed by atoms with Gasteiger partial charge in [0.2, 0.25) is 0 Å². The zero-order chi connectivity index (χ0) is 8.55. The molecule has 1 heterocycles. The third-order valence-electron chi connectivity index (χ3n) is 2.56. The van der Waals surface area contributed by atoms with Gasteiger partial charge in [0.15, 0.2) is 0 Å². The third-order valence-corrected chi connectivity index (χ3v) is 2.56. The van der Waals surface area contributed by atoms with Crippen molar-refractivity contribution in [2.75, 3.05) is 6.61 Å². The van der Waals surface area contributed by atoms with Gasteiger partial charge in [-0.15, -0.1) is 0 Å². The van der Waals surface area contributed by atoms with E-state index < -0.39 is 0 Å². The van der Waals surface area contributed by atoms with Crippen LogP contribution in [0.4, 0.5) is 0 Å². The van der Waals surface area contributed by atoms with Crippen LogP contribution in [0.2, 0.25) is 0 Å². The van der Waals surface area contributed by atoms with Crippen LogP contribution in [0.25, 0.3) is 0 Å². The molecule has 0 amide bonds. The topological polar surface area (TPSA) is 35.2 Å². The maximum absolute atomic E-state index is 5.84. The molecule has 0 unspecified atom stereocenters. The van der Waals surface area contributed by atoms with Crippen LogP contribution in [0.1, 0.15) is 19.8 Å². The second-order valence-electron chi connectivity index (χ2n) is 3.56. The Morgan fingerprint density at radius 1 is 1.67 bits per heavy atom. The smallest absolute Gasteiger partial charge is 0.0941 e. The zero-order valence-electron chi connectivity index (χ0n) is 7.42. The van der Waals surface area contributed by atoms with Crippen LogP contribution in [0.15, 0.2) is 23.3 Å². The van der Waals surface area contributed by atoms with Crippen LogP contribution in [-0.4, -0.2) is 18.8 Å². The Morgan fingerprint density at radius 3 is 3.25 bits per heavy atom. The van der Waals surface area contributed by atoms with E-state index in [2.05, 4.69) is 12.2 Å². The van der Waals surface area contributed by atoms with Crippen LogP contribution in [-0.2, 0) is 4.74 Å². The Balaban J connectivity index is 2.22. The van der Waals surface area contributed by atoms with Gasteiger partial charge < -0.3 is 10.5 Å². The Bertz CT molecular complexity index is 240. The van der Waals surface area contributed by atoms with Gasteiger partial charge in [0.1, 0.15) is 0 Å². The van der Waals surface area contributed by atoms with Crippen molar-refractivity contribution < 1.29 is 4.74 Å². The van der Waals surface area contributed by atoms with Gasteiger partial charge in [-0.25, -0.2) is 0 Å². The van der Waals surface area contributed by atoms with Crippen molar-refractivity contribution in [1.82, 2.24) is 0 Å². The molecule has 1 aliphatic carbocycles. The maximum atomic E-state index is 5.84. The highest BCUT2D eigenvalue weighted by molar-refractivity contribution is 5.38. The highest BCUT2D eigenvalue weighted by Gasteiger charge is 2.26. The van der Waals surface area contributed by atoms with E-state index in [1.807, 2.05) is 6.92 Å². The lowest BCUT2D eigenvalue weighted by Crippen LogP contribution is -2.37. The average molecular weight is 165 g/mol. The molecule has 1 aliphatic heterocycles. The van der Waals surface area contributed by atoms with Gasteiger partial charge in [0, 0.05) is 6.04 Å². The summed E-state index contributed by atoms with van der Waals surface area (Å²) in [6, 6.07) is 0.121. The first kappa shape index (κ1) is 8.02. The second-order valence-corrected chi connectivity index (χ2v) is 3.56. The van der Waals surface area contributed by atoms with E-state index in [0.29, 0.717) is 0 Å². The van der Waals surface area contributed by atoms with Crippen LogP contribution in [0, 0.1) is 0 Å². The lowest BCUT2D eigenvalue weighted by molar-refractivity contribution is 0.0544. The summed E-state index contributed by atoms with van der Waals surface area (Å²) in [5.74, 6) is 0. The fraction of sp³-hybridized carbons (Fsp3) is 0.600. The predicted molar refractivity (Wildman–Crippen MR) is 48.8 cm³/mol. The summed E-state index contributed by atoms with van der Waals surface area (Å²) in [4.78, 5) is 0. The predicted octanol–water partition coefficient (Wildman–Crippen LogP) is 1.38. The zero-order valence-corrected chi connectivity index (χ0v) is 7.42. The normalized spacial score (nSPS) is 30.7. The van der Waals surface area contributed by atoms with Gasteiger partial charge in [-0.3, -0.25) is 0 Å². The first-order chi connectivity index (χ1) is 5.79. The molecule has 0 aromatic heterocycles. The first-order valence-corrected chi connectivity index (χ1v) is 4.54. The van der Waals surface area contributed by atoms with Gasteiger partial charge in [-0.2, -0.15) is 0 Å². The molecule has 2 heteroatoms. The molecule has 12 heavy (non-hydrogen) atoms.